The Bertz CT molecular complexity index is 1170. The topological polar surface area (TPSA) is 118 Å². The third-order valence-corrected chi connectivity index (χ3v) is 4.75. The fourth-order valence-electron chi connectivity index (χ4n) is 3.32. The molecule has 1 aromatic heterocycles. The first-order valence-corrected chi connectivity index (χ1v) is 9.56. The van der Waals surface area contributed by atoms with Gasteiger partial charge >= 0.3 is 6.18 Å². The number of hydrogen-bond acceptors (Lipinski definition) is 4. The fraction of sp³-hybridized carbons (Fsp3) is 0.286. The number of aromatic nitrogens is 2. The molecule has 3 aromatic rings. The number of fused-ring (bicyclic) bond motifs is 1. The lowest BCUT2D eigenvalue weighted by Gasteiger charge is -2.13. The second-order valence-corrected chi connectivity index (χ2v) is 6.89. The Morgan fingerprint density at radius 3 is 2.50 bits per heavy atom. The molecule has 0 aliphatic rings. The SMILES string of the molecule is COc1ccc(OC)c(-c2nc3cc(C(F)(F)F)ccc3n2CCCC(=O)N=C(N)N)c1. The number of aliphatic imine (C=N–C) groups is 1. The van der Waals surface area contributed by atoms with Crippen molar-refractivity contribution < 1.29 is 27.4 Å². The Morgan fingerprint density at radius 1 is 1.12 bits per heavy atom. The highest BCUT2D eigenvalue weighted by Crippen LogP contribution is 2.37. The van der Waals surface area contributed by atoms with Gasteiger partial charge in [-0.3, -0.25) is 4.79 Å². The molecule has 0 saturated heterocycles. The molecule has 0 aliphatic carbocycles. The number of amides is 1. The van der Waals surface area contributed by atoms with Crippen molar-refractivity contribution in [3.05, 3.63) is 42.0 Å². The van der Waals surface area contributed by atoms with Crippen LogP contribution in [0.5, 0.6) is 11.5 Å². The van der Waals surface area contributed by atoms with Crippen molar-refractivity contribution >= 4 is 22.9 Å². The van der Waals surface area contributed by atoms with Crippen LogP contribution in [-0.4, -0.2) is 35.6 Å². The Kier molecular flexibility index (Phi) is 6.56. The minimum atomic E-state index is -4.50. The summed E-state index contributed by atoms with van der Waals surface area (Å²) in [5.74, 6) is 0.552. The number of aryl methyl sites for hydroxylation is 1. The first kappa shape index (κ1) is 22.9. The molecule has 0 saturated carbocycles. The van der Waals surface area contributed by atoms with Crippen LogP contribution < -0.4 is 20.9 Å². The highest BCUT2D eigenvalue weighted by Gasteiger charge is 2.31. The zero-order valence-electron chi connectivity index (χ0n) is 17.4. The van der Waals surface area contributed by atoms with Crippen molar-refractivity contribution in [2.24, 2.45) is 16.5 Å². The van der Waals surface area contributed by atoms with E-state index in [4.69, 9.17) is 20.9 Å². The maximum absolute atomic E-state index is 13.2. The van der Waals surface area contributed by atoms with E-state index in [0.717, 1.165) is 12.1 Å². The summed E-state index contributed by atoms with van der Waals surface area (Å²) < 4.78 is 52.1. The van der Waals surface area contributed by atoms with Crippen molar-refractivity contribution in [2.75, 3.05) is 14.2 Å². The zero-order chi connectivity index (χ0) is 23.5. The molecule has 1 amide bonds. The van der Waals surface area contributed by atoms with Gasteiger partial charge in [0.05, 0.1) is 36.4 Å². The average molecular weight is 449 g/mol. The molecule has 0 aliphatic heterocycles. The van der Waals surface area contributed by atoms with Crippen LogP contribution in [0.4, 0.5) is 13.2 Å². The van der Waals surface area contributed by atoms with Gasteiger partial charge in [0.15, 0.2) is 5.96 Å². The summed E-state index contributed by atoms with van der Waals surface area (Å²) in [6.45, 7) is 0.281. The summed E-state index contributed by atoms with van der Waals surface area (Å²) in [5.41, 5.74) is 10.8. The molecule has 0 radical (unpaired) electrons. The molecule has 0 spiro atoms. The van der Waals surface area contributed by atoms with Gasteiger partial charge in [0, 0.05) is 13.0 Å². The Labute approximate surface area is 181 Å². The van der Waals surface area contributed by atoms with E-state index in [-0.39, 0.29) is 24.4 Å². The van der Waals surface area contributed by atoms with E-state index in [1.165, 1.54) is 20.3 Å². The lowest BCUT2D eigenvalue weighted by atomic mass is 10.1. The van der Waals surface area contributed by atoms with Gasteiger partial charge in [-0.25, -0.2) is 4.98 Å². The molecule has 0 unspecified atom stereocenters. The fourth-order valence-corrected chi connectivity index (χ4v) is 3.32. The highest BCUT2D eigenvalue weighted by molar-refractivity contribution is 5.91. The number of nitrogens with two attached hydrogens (primary N) is 2. The van der Waals surface area contributed by atoms with Crippen LogP contribution in [0.1, 0.15) is 18.4 Å². The van der Waals surface area contributed by atoms with Crippen LogP contribution in [0, 0.1) is 0 Å². The Balaban J connectivity index is 2.10. The first-order valence-electron chi connectivity index (χ1n) is 9.56. The summed E-state index contributed by atoms with van der Waals surface area (Å²) in [4.78, 5) is 19.7. The smallest absolute Gasteiger partial charge is 0.416 e. The Morgan fingerprint density at radius 2 is 1.88 bits per heavy atom. The van der Waals surface area contributed by atoms with E-state index in [1.807, 2.05) is 0 Å². The molecular weight excluding hydrogens is 427 g/mol. The van der Waals surface area contributed by atoms with E-state index in [0.29, 0.717) is 34.8 Å². The molecule has 2 aromatic carbocycles. The lowest BCUT2D eigenvalue weighted by Crippen LogP contribution is -2.24. The maximum Gasteiger partial charge on any atom is 0.416 e. The van der Waals surface area contributed by atoms with E-state index < -0.39 is 17.6 Å². The van der Waals surface area contributed by atoms with Crippen molar-refractivity contribution in [1.29, 1.82) is 0 Å². The third kappa shape index (κ3) is 4.93. The number of carbonyl (C=O) groups excluding carboxylic acids is 1. The molecule has 3 rings (SSSR count). The first-order chi connectivity index (χ1) is 15.1. The van der Waals surface area contributed by atoms with Gasteiger partial charge in [-0.05, 0) is 42.8 Å². The number of guanidine groups is 1. The average Bonchev–Trinajstić information content (AvgIpc) is 3.09. The minimum absolute atomic E-state index is 0.0485. The van der Waals surface area contributed by atoms with Gasteiger partial charge in [-0.2, -0.15) is 18.2 Å². The van der Waals surface area contributed by atoms with E-state index in [9.17, 15) is 18.0 Å². The number of nitrogens with zero attached hydrogens (tertiary/aromatic N) is 3. The largest absolute Gasteiger partial charge is 0.497 e. The van der Waals surface area contributed by atoms with E-state index in [1.54, 1.807) is 22.8 Å². The number of alkyl halides is 3. The Hall–Kier alpha value is -3.76. The predicted molar refractivity (Wildman–Crippen MR) is 113 cm³/mol. The van der Waals surface area contributed by atoms with Crippen molar-refractivity contribution in [3.8, 4) is 22.9 Å². The normalized spacial score (nSPS) is 11.4. The summed E-state index contributed by atoms with van der Waals surface area (Å²) in [6, 6.07) is 8.42. The van der Waals surface area contributed by atoms with Crippen LogP contribution in [0.2, 0.25) is 0 Å². The molecule has 0 fully saturated rings. The second kappa shape index (κ2) is 9.16. The summed E-state index contributed by atoms with van der Waals surface area (Å²) in [6.07, 6.45) is -4.12. The number of imidazole rings is 1. The molecule has 32 heavy (non-hydrogen) atoms. The molecule has 8 nitrogen and oxygen atoms in total. The quantitative estimate of drug-likeness (QED) is 0.422. The number of carbonyl (C=O) groups is 1. The van der Waals surface area contributed by atoms with Gasteiger partial charge < -0.3 is 25.5 Å². The number of rotatable bonds is 7. The molecular formula is C21H22F3N5O3. The summed E-state index contributed by atoms with van der Waals surface area (Å²) >= 11 is 0. The van der Waals surface area contributed by atoms with E-state index >= 15 is 0 Å². The van der Waals surface area contributed by atoms with Crippen molar-refractivity contribution in [2.45, 2.75) is 25.6 Å². The molecule has 0 atom stereocenters. The standard InChI is InChI=1S/C21H22F3N5O3/c1-31-13-6-8-17(32-2)14(11-13)19-27-15-10-12(21(22,23)24)5-7-16(15)29(19)9-3-4-18(30)28-20(25)26/h5-8,10-11H,3-4,9H2,1-2H3,(H4,25,26,28,30). The minimum Gasteiger partial charge on any atom is -0.497 e. The molecule has 0 bridgehead atoms. The van der Waals surface area contributed by atoms with Gasteiger partial charge in [-0.15, -0.1) is 0 Å². The summed E-state index contributed by atoms with van der Waals surface area (Å²) in [7, 11) is 2.98. The van der Waals surface area contributed by atoms with Crippen LogP contribution in [-0.2, 0) is 17.5 Å². The number of benzene rings is 2. The number of halogens is 3. The predicted octanol–water partition coefficient (Wildman–Crippen LogP) is 3.32. The number of hydrogen-bond donors (Lipinski definition) is 2. The van der Waals surface area contributed by atoms with Crippen molar-refractivity contribution in [3.63, 3.8) is 0 Å². The molecule has 11 heteroatoms. The molecule has 170 valence electrons. The van der Waals surface area contributed by atoms with Crippen LogP contribution in [0.25, 0.3) is 22.4 Å². The van der Waals surface area contributed by atoms with Gasteiger partial charge in [0.1, 0.15) is 17.3 Å². The molecule has 4 N–H and O–H groups in total. The van der Waals surface area contributed by atoms with Crippen LogP contribution >= 0.6 is 0 Å². The lowest BCUT2D eigenvalue weighted by molar-refractivity contribution is -0.137. The van der Waals surface area contributed by atoms with Gasteiger partial charge in [0.2, 0.25) is 5.91 Å². The number of ether oxygens (including phenoxy) is 2. The van der Waals surface area contributed by atoms with Crippen LogP contribution in [0.15, 0.2) is 41.4 Å². The highest BCUT2D eigenvalue weighted by atomic mass is 19.4. The number of methoxy groups -OCH3 is 2. The molecule has 1 heterocycles. The van der Waals surface area contributed by atoms with Gasteiger partial charge in [-0.1, -0.05) is 0 Å². The summed E-state index contributed by atoms with van der Waals surface area (Å²) in [5, 5.41) is 0. The van der Waals surface area contributed by atoms with Gasteiger partial charge in [0.25, 0.3) is 0 Å². The second-order valence-electron chi connectivity index (χ2n) is 6.89. The third-order valence-electron chi connectivity index (χ3n) is 4.75. The monoisotopic (exact) mass is 449 g/mol. The van der Waals surface area contributed by atoms with E-state index in [2.05, 4.69) is 9.98 Å². The van der Waals surface area contributed by atoms with Crippen LogP contribution in [0.3, 0.4) is 0 Å². The zero-order valence-corrected chi connectivity index (χ0v) is 17.4. The van der Waals surface area contributed by atoms with Crippen molar-refractivity contribution in [1.82, 2.24) is 9.55 Å². The maximum atomic E-state index is 13.2.